The van der Waals surface area contributed by atoms with Crippen molar-refractivity contribution in [3.63, 3.8) is 0 Å². The molecule has 0 saturated carbocycles. The number of allylic oxidation sites excluding steroid dienone is 1. The Hall–Kier alpha value is -1.19. The Labute approximate surface area is 109 Å². The van der Waals surface area contributed by atoms with Crippen LogP contribution in [0.4, 0.5) is 0 Å². The molecule has 0 amide bonds. The predicted molar refractivity (Wildman–Crippen MR) is 60.9 cm³/mol. The fourth-order valence-corrected chi connectivity index (χ4v) is 1.80. The van der Waals surface area contributed by atoms with Crippen molar-refractivity contribution in [3.05, 3.63) is 12.3 Å². The molecule has 0 aliphatic carbocycles. The van der Waals surface area contributed by atoms with Gasteiger partial charge in [-0.1, -0.05) is 6.08 Å². The summed E-state index contributed by atoms with van der Waals surface area (Å²) in [6, 6.07) is 0. The zero-order valence-corrected chi connectivity index (χ0v) is 10.3. The first kappa shape index (κ1) is 15.9. The van der Waals surface area contributed by atoms with Crippen molar-refractivity contribution in [1.82, 2.24) is 0 Å². The smallest absolute Gasteiger partial charge is 0.377 e. The summed E-state index contributed by atoms with van der Waals surface area (Å²) in [5.74, 6) is -3.72. The average molecular weight is 278 g/mol. The van der Waals surface area contributed by atoms with Gasteiger partial charge in [0.2, 0.25) is 0 Å². The molecule has 1 fully saturated rings. The Morgan fingerprint density at radius 2 is 2.21 bits per heavy atom. The van der Waals surface area contributed by atoms with Gasteiger partial charge in [-0.2, -0.15) is 0 Å². The van der Waals surface area contributed by atoms with Crippen LogP contribution < -0.4 is 0 Å². The van der Waals surface area contributed by atoms with Gasteiger partial charge in [-0.3, -0.25) is 0 Å². The van der Waals surface area contributed by atoms with E-state index in [4.69, 9.17) is 14.6 Å². The van der Waals surface area contributed by atoms with E-state index in [0.717, 1.165) is 6.26 Å². The van der Waals surface area contributed by atoms with Gasteiger partial charge in [0, 0.05) is 0 Å². The fourth-order valence-electron chi connectivity index (χ4n) is 1.80. The summed E-state index contributed by atoms with van der Waals surface area (Å²) in [6.07, 6.45) is -4.04. The van der Waals surface area contributed by atoms with E-state index in [-0.39, 0.29) is 0 Å². The maximum Gasteiger partial charge on any atom is 0.377 e. The highest BCUT2D eigenvalue weighted by Gasteiger charge is 2.54. The minimum atomic E-state index is -2.22. The van der Waals surface area contributed by atoms with Gasteiger partial charge in [0.15, 0.2) is 0 Å². The van der Waals surface area contributed by atoms with E-state index in [9.17, 15) is 25.2 Å². The van der Waals surface area contributed by atoms with Gasteiger partial charge in [0.25, 0.3) is 0 Å². The number of rotatable bonds is 5. The second-order valence-electron chi connectivity index (χ2n) is 4.24. The molecule has 8 heteroatoms. The van der Waals surface area contributed by atoms with Crippen molar-refractivity contribution in [2.75, 3.05) is 6.61 Å². The van der Waals surface area contributed by atoms with E-state index in [0.29, 0.717) is 0 Å². The first-order valence-electron chi connectivity index (χ1n) is 5.73. The molecule has 0 aromatic carbocycles. The molecule has 1 saturated heterocycles. The molecule has 1 aliphatic heterocycles. The van der Waals surface area contributed by atoms with E-state index in [1.54, 1.807) is 6.92 Å². The summed E-state index contributed by atoms with van der Waals surface area (Å²) in [4.78, 5) is 11.3. The molecular formula is C11H18O8. The number of carbonyl (C=O) groups is 1. The SMILES string of the molecule is C/C=C\O[C@]1(C(=O)O)C[C@@H](O)[C@@H](O)[C@@H]([C@H](O)CO)O1. The highest BCUT2D eigenvalue weighted by Crippen LogP contribution is 2.32. The van der Waals surface area contributed by atoms with Gasteiger partial charge >= 0.3 is 11.8 Å². The number of aliphatic hydroxyl groups excluding tert-OH is 4. The highest BCUT2D eigenvalue weighted by atomic mass is 16.7. The molecule has 5 N–H and O–H groups in total. The van der Waals surface area contributed by atoms with Crippen LogP contribution in [0.2, 0.25) is 0 Å². The normalized spacial score (nSPS) is 37.2. The third kappa shape index (κ3) is 3.23. The first-order valence-corrected chi connectivity index (χ1v) is 5.73. The molecule has 0 unspecified atom stereocenters. The van der Waals surface area contributed by atoms with Gasteiger partial charge in [-0.25, -0.2) is 4.79 Å². The van der Waals surface area contributed by atoms with Crippen molar-refractivity contribution >= 4 is 5.97 Å². The highest BCUT2D eigenvalue weighted by molar-refractivity contribution is 5.76. The van der Waals surface area contributed by atoms with Gasteiger partial charge in [0.05, 0.1) is 25.4 Å². The number of carboxylic acid groups (broad SMARTS) is 1. The van der Waals surface area contributed by atoms with Crippen LogP contribution in [0, 0.1) is 0 Å². The zero-order chi connectivity index (χ0) is 14.6. The molecule has 8 nitrogen and oxygen atoms in total. The monoisotopic (exact) mass is 278 g/mol. The van der Waals surface area contributed by atoms with Gasteiger partial charge in [-0.05, 0) is 6.92 Å². The van der Waals surface area contributed by atoms with Crippen molar-refractivity contribution in [1.29, 1.82) is 0 Å². The summed E-state index contributed by atoms with van der Waals surface area (Å²) in [6.45, 7) is 0.831. The van der Waals surface area contributed by atoms with Crippen LogP contribution in [0.3, 0.4) is 0 Å². The molecule has 0 radical (unpaired) electrons. The summed E-state index contributed by atoms with van der Waals surface area (Å²) < 4.78 is 10.0. The van der Waals surface area contributed by atoms with Crippen molar-refractivity contribution in [2.24, 2.45) is 0 Å². The van der Waals surface area contributed by atoms with Crippen LogP contribution in [-0.2, 0) is 14.3 Å². The molecule has 1 rings (SSSR count). The zero-order valence-electron chi connectivity index (χ0n) is 10.3. The Balaban J connectivity index is 3.02. The lowest BCUT2D eigenvalue weighted by atomic mass is 9.92. The molecule has 0 spiro atoms. The Morgan fingerprint density at radius 1 is 1.58 bits per heavy atom. The van der Waals surface area contributed by atoms with Crippen LogP contribution in [0.15, 0.2) is 12.3 Å². The molecular weight excluding hydrogens is 260 g/mol. The summed E-state index contributed by atoms with van der Waals surface area (Å²) in [7, 11) is 0. The summed E-state index contributed by atoms with van der Waals surface area (Å²) >= 11 is 0. The Kier molecular flexibility index (Phi) is 5.27. The molecule has 0 aromatic rings. The lowest BCUT2D eigenvalue weighted by Gasteiger charge is -2.43. The van der Waals surface area contributed by atoms with Gasteiger partial charge in [-0.15, -0.1) is 0 Å². The second kappa shape index (κ2) is 6.31. The van der Waals surface area contributed by atoms with E-state index < -0.39 is 49.2 Å². The maximum atomic E-state index is 11.3. The Morgan fingerprint density at radius 3 is 2.68 bits per heavy atom. The lowest BCUT2D eigenvalue weighted by molar-refractivity contribution is -0.310. The average Bonchev–Trinajstić information content (AvgIpc) is 2.38. The molecule has 19 heavy (non-hydrogen) atoms. The first-order chi connectivity index (χ1) is 8.88. The summed E-state index contributed by atoms with van der Waals surface area (Å²) in [5.41, 5.74) is 0. The number of ether oxygens (including phenoxy) is 2. The largest absolute Gasteiger partial charge is 0.476 e. The van der Waals surface area contributed by atoms with Crippen LogP contribution in [0.25, 0.3) is 0 Å². The van der Waals surface area contributed by atoms with Crippen LogP contribution in [-0.4, -0.2) is 68.3 Å². The van der Waals surface area contributed by atoms with Gasteiger partial charge in [0.1, 0.15) is 18.3 Å². The lowest BCUT2D eigenvalue weighted by Crippen LogP contribution is -2.62. The number of carboxylic acids is 1. The fraction of sp³-hybridized carbons (Fsp3) is 0.727. The minimum absolute atomic E-state index is 0.511. The standard InChI is InChI=1S/C11H18O8/c1-2-3-18-11(10(16)17)4-6(13)8(15)9(19-11)7(14)5-12/h2-3,6-9,12-15H,4-5H2,1H3,(H,16,17)/b3-2-/t6-,7-,8-,9-,11-/m1/s1. The third-order valence-electron chi connectivity index (χ3n) is 2.82. The molecule has 0 aromatic heterocycles. The molecule has 1 heterocycles. The van der Waals surface area contributed by atoms with Crippen molar-refractivity contribution in [3.8, 4) is 0 Å². The molecule has 0 bridgehead atoms. The number of hydrogen-bond acceptors (Lipinski definition) is 7. The van der Waals surface area contributed by atoms with E-state index in [1.165, 1.54) is 6.08 Å². The number of hydrogen-bond donors (Lipinski definition) is 5. The van der Waals surface area contributed by atoms with Crippen LogP contribution >= 0.6 is 0 Å². The third-order valence-corrected chi connectivity index (χ3v) is 2.82. The topological polar surface area (TPSA) is 137 Å². The van der Waals surface area contributed by atoms with Crippen molar-refractivity contribution < 1.29 is 39.8 Å². The van der Waals surface area contributed by atoms with Crippen molar-refractivity contribution in [2.45, 2.75) is 43.5 Å². The second-order valence-corrected chi connectivity index (χ2v) is 4.24. The van der Waals surface area contributed by atoms with E-state index in [1.807, 2.05) is 0 Å². The molecule has 110 valence electrons. The van der Waals surface area contributed by atoms with Crippen LogP contribution in [0.1, 0.15) is 13.3 Å². The Bertz CT molecular complexity index is 344. The number of aliphatic carboxylic acids is 1. The van der Waals surface area contributed by atoms with E-state index in [2.05, 4.69) is 0 Å². The van der Waals surface area contributed by atoms with E-state index >= 15 is 0 Å². The van der Waals surface area contributed by atoms with Crippen LogP contribution in [0.5, 0.6) is 0 Å². The molecule has 1 aliphatic rings. The molecule has 5 atom stereocenters. The predicted octanol–water partition coefficient (Wildman–Crippen LogP) is -1.82. The maximum absolute atomic E-state index is 11.3. The quantitative estimate of drug-likeness (QED) is 0.371. The summed E-state index contributed by atoms with van der Waals surface area (Å²) in [5, 5.41) is 46.9. The number of aliphatic hydroxyl groups is 4. The minimum Gasteiger partial charge on any atom is -0.476 e. The van der Waals surface area contributed by atoms with Gasteiger partial charge < -0.3 is 35.0 Å².